The Kier molecular flexibility index (Phi) is 4.61. The van der Waals surface area contributed by atoms with Gasteiger partial charge in [0.25, 0.3) is 5.91 Å². The van der Waals surface area contributed by atoms with Crippen LogP contribution in [0.4, 0.5) is 0 Å². The third-order valence-electron chi connectivity index (χ3n) is 5.14. The molecule has 1 N–H and O–H groups in total. The standard InChI is InChI=1S/C16H24N4O4S/c1-19-10-12(9-17-19)15(22)18-13-7-16(8-13)4-5-20(11-16)14(21)3-6-25(2,23)24/h9-10,13H,3-8,11H2,1-2H3,(H,18,22). The van der Waals surface area contributed by atoms with Crippen LogP contribution in [0.15, 0.2) is 12.4 Å². The molecular weight excluding hydrogens is 344 g/mol. The van der Waals surface area contributed by atoms with E-state index >= 15 is 0 Å². The van der Waals surface area contributed by atoms with Crippen LogP contribution in [-0.4, -0.2) is 66.1 Å². The van der Waals surface area contributed by atoms with Crippen molar-refractivity contribution in [2.75, 3.05) is 25.1 Å². The summed E-state index contributed by atoms with van der Waals surface area (Å²) >= 11 is 0. The largest absolute Gasteiger partial charge is 0.349 e. The Morgan fingerprint density at radius 2 is 2.12 bits per heavy atom. The first kappa shape index (κ1) is 17.9. The fraction of sp³-hybridized carbons (Fsp3) is 0.688. The number of rotatable bonds is 5. The molecule has 138 valence electrons. The molecule has 3 rings (SSSR count). The molecule has 9 heteroatoms. The van der Waals surface area contributed by atoms with E-state index in [1.54, 1.807) is 29.0 Å². The first-order chi connectivity index (χ1) is 11.7. The fourth-order valence-corrected chi connectivity index (χ4v) is 4.35. The molecule has 8 nitrogen and oxygen atoms in total. The number of likely N-dealkylation sites (tertiary alicyclic amines) is 1. The van der Waals surface area contributed by atoms with Crippen molar-refractivity contribution < 1.29 is 18.0 Å². The van der Waals surface area contributed by atoms with Crippen LogP contribution in [0.1, 0.15) is 36.0 Å². The van der Waals surface area contributed by atoms with Crippen molar-refractivity contribution in [2.45, 2.75) is 31.7 Å². The van der Waals surface area contributed by atoms with Gasteiger partial charge in [-0.2, -0.15) is 5.10 Å². The Labute approximate surface area is 147 Å². The molecular formula is C16H24N4O4S. The molecule has 25 heavy (non-hydrogen) atoms. The summed E-state index contributed by atoms with van der Waals surface area (Å²) in [6.45, 7) is 1.33. The first-order valence-corrected chi connectivity index (χ1v) is 10.5. The number of amides is 2. The van der Waals surface area contributed by atoms with Gasteiger partial charge in [0.1, 0.15) is 9.84 Å². The summed E-state index contributed by atoms with van der Waals surface area (Å²) in [4.78, 5) is 26.0. The van der Waals surface area contributed by atoms with Gasteiger partial charge in [-0.15, -0.1) is 0 Å². The molecule has 1 aromatic rings. The zero-order valence-electron chi connectivity index (χ0n) is 14.6. The van der Waals surface area contributed by atoms with Crippen molar-refractivity contribution >= 4 is 21.7 Å². The average Bonchev–Trinajstić information content (AvgIpc) is 3.10. The number of hydrogen-bond donors (Lipinski definition) is 1. The molecule has 2 fully saturated rings. The van der Waals surface area contributed by atoms with Crippen LogP contribution < -0.4 is 5.32 Å². The number of aryl methyl sites for hydroxylation is 1. The Hall–Kier alpha value is -1.90. The zero-order chi connectivity index (χ0) is 18.2. The molecule has 2 aliphatic rings. The number of nitrogens with one attached hydrogen (secondary N) is 1. The number of carbonyl (C=O) groups is 2. The Balaban J connectivity index is 1.46. The topological polar surface area (TPSA) is 101 Å². The van der Waals surface area contributed by atoms with E-state index in [9.17, 15) is 18.0 Å². The first-order valence-electron chi connectivity index (χ1n) is 8.41. The van der Waals surface area contributed by atoms with Gasteiger partial charge in [0.2, 0.25) is 5.91 Å². The van der Waals surface area contributed by atoms with E-state index in [1.807, 2.05) is 0 Å². The van der Waals surface area contributed by atoms with Crippen LogP contribution in [0.2, 0.25) is 0 Å². The molecule has 0 bridgehead atoms. The Morgan fingerprint density at radius 1 is 1.40 bits per heavy atom. The fourth-order valence-electron chi connectivity index (χ4n) is 3.81. The van der Waals surface area contributed by atoms with Gasteiger partial charge in [-0.25, -0.2) is 8.42 Å². The molecule has 2 amide bonds. The Bertz CT molecular complexity index is 780. The van der Waals surface area contributed by atoms with Crippen LogP contribution in [0.5, 0.6) is 0 Å². The van der Waals surface area contributed by atoms with Gasteiger partial charge >= 0.3 is 0 Å². The van der Waals surface area contributed by atoms with E-state index in [2.05, 4.69) is 10.4 Å². The lowest BCUT2D eigenvalue weighted by atomic mass is 9.65. The molecule has 0 atom stereocenters. The van der Waals surface area contributed by atoms with Gasteiger partial charge in [-0.1, -0.05) is 0 Å². The van der Waals surface area contributed by atoms with Crippen LogP contribution in [0.25, 0.3) is 0 Å². The van der Waals surface area contributed by atoms with Crippen LogP contribution in [0, 0.1) is 5.41 Å². The van der Waals surface area contributed by atoms with Gasteiger partial charge in [-0.05, 0) is 24.7 Å². The number of aromatic nitrogens is 2. The second kappa shape index (κ2) is 6.44. The maximum Gasteiger partial charge on any atom is 0.254 e. The highest BCUT2D eigenvalue weighted by molar-refractivity contribution is 7.90. The van der Waals surface area contributed by atoms with Crippen LogP contribution in [-0.2, 0) is 21.7 Å². The van der Waals surface area contributed by atoms with Crippen molar-refractivity contribution in [1.82, 2.24) is 20.0 Å². The number of sulfone groups is 1. The van der Waals surface area contributed by atoms with Gasteiger partial charge in [0.15, 0.2) is 0 Å². The molecule has 1 saturated heterocycles. The van der Waals surface area contributed by atoms with Crippen LogP contribution >= 0.6 is 0 Å². The van der Waals surface area contributed by atoms with Crippen molar-refractivity contribution in [3.05, 3.63) is 18.0 Å². The smallest absolute Gasteiger partial charge is 0.254 e. The summed E-state index contributed by atoms with van der Waals surface area (Å²) in [7, 11) is -1.35. The average molecular weight is 368 g/mol. The molecule has 1 aliphatic carbocycles. The molecule has 1 spiro atoms. The van der Waals surface area contributed by atoms with Gasteiger partial charge < -0.3 is 10.2 Å². The Morgan fingerprint density at radius 3 is 2.72 bits per heavy atom. The highest BCUT2D eigenvalue weighted by Gasteiger charge is 2.49. The SMILES string of the molecule is Cn1cc(C(=O)NC2CC3(CCN(C(=O)CCS(C)(=O)=O)C3)C2)cn1. The monoisotopic (exact) mass is 368 g/mol. The molecule has 0 radical (unpaired) electrons. The van der Waals surface area contributed by atoms with Crippen LogP contribution in [0.3, 0.4) is 0 Å². The lowest BCUT2D eigenvalue weighted by Gasteiger charge is -2.45. The summed E-state index contributed by atoms with van der Waals surface area (Å²) in [5.74, 6) is -0.309. The summed E-state index contributed by atoms with van der Waals surface area (Å²) in [6, 6.07) is 0.124. The van der Waals surface area contributed by atoms with Gasteiger partial charge in [0.05, 0.1) is 17.5 Å². The van der Waals surface area contributed by atoms with E-state index in [0.717, 1.165) is 25.5 Å². The van der Waals surface area contributed by atoms with Crippen molar-refractivity contribution in [3.63, 3.8) is 0 Å². The molecule has 0 unspecified atom stereocenters. The van der Waals surface area contributed by atoms with Crippen molar-refractivity contribution in [2.24, 2.45) is 12.5 Å². The molecule has 1 saturated carbocycles. The number of hydrogen-bond acceptors (Lipinski definition) is 5. The number of carbonyl (C=O) groups excluding carboxylic acids is 2. The van der Waals surface area contributed by atoms with E-state index < -0.39 is 9.84 Å². The third-order valence-corrected chi connectivity index (χ3v) is 6.08. The minimum atomic E-state index is -3.12. The maximum absolute atomic E-state index is 12.1. The maximum atomic E-state index is 12.1. The molecule has 1 aromatic heterocycles. The minimum absolute atomic E-state index is 0.0517. The third kappa shape index (κ3) is 4.20. The number of nitrogens with zero attached hydrogens (tertiary/aromatic N) is 3. The summed E-state index contributed by atoms with van der Waals surface area (Å²) < 4.78 is 24.0. The van der Waals surface area contributed by atoms with E-state index in [-0.39, 0.29) is 35.4 Å². The predicted octanol–water partition coefficient (Wildman–Crippen LogP) is -0.0343. The van der Waals surface area contributed by atoms with Gasteiger partial charge in [-0.3, -0.25) is 14.3 Å². The van der Waals surface area contributed by atoms with Crippen molar-refractivity contribution in [3.8, 4) is 0 Å². The highest BCUT2D eigenvalue weighted by Crippen LogP contribution is 2.48. The predicted molar refractivity (Wildman–Crippen MR) is 91.7 cm³/mol. The normalized spacial score (nSPS) is 25.8. The molecule has 1 aliphatic heterocycles. The quantitative estimate of drug-likeness (QED) is 0.786. The minimum Gasteiger partial charge on any atom is -0.349 e. The van der Waals surface area contributed by atoms with E-state index in [4.69, 9.17) is 0 Å². The highest BCUT2D eigenvalue weighted by atomic mass is 32.2. The lowest BCUT2D eigenvalue weighted by molar-refractivity contribution is -0.130. The second-order valence-corrected chi connectivity index (χ2v) is 9.69. The van der Waals surface area contributed by atoms with E-state index in [0.29, 0.717) is 18.7 Å². The lowest BCUT2D eigenvalue weighted by Crippen LogP contribution is -2.52. The van der Waals surface area contributed by atoms with E-state index in [1.165, 1.54) is 0 Å². The van der Waals surface area contributed by atoms with Crippen molar-refractivity contribution in [1.29, 1.82) is 0 Å². The zero-order valence-corrected chi connectivity index (χ0v) is 15.4. The summed E-state index contributed by atoms with van der Waals surface area (Å²) in [5.41, 5.74) is 0.626. The molecule has 2 heterocycles. The summed E-state index contributed by atoms with van der Waals surface area (Å²) in [6.07, 6.45) is 7.05. The second-order valence-electron chi connectivity index (χ2n) is 7.43. The van der Waals surface area contributed by atoms with Gasteiger partial charge in [0, 0.05) is 45.1 Å². The summed E-state index contributed by atoms with van der Waals surface area (Å²) in [5, 5.41) is 7.00. The molecule has 0 aromatic carbocycles.